The number of carbonyl (C=O) groups excluding carboxylic acids is 10. The van der Waals surface area contributed by atoms with Crippen LogP contribution in [-0.2, 0) is 73.6 Å². The Bertz CT molecular complexity index is 3390. The molecule has 5 aromatic rings. The Hall–Kier alpha value is -9.69. The van der Waals surface area contributed by atoms with Gasteiger partial charge in [-0.1, -0.05) is 98.2 Å². The van der Waals surface area contributed by atoms with Gasteiger partial charge in [-0.25, -0.2) is 0 Å². The zero-order chi connectivity index (χ0) is 66.3. The van der Waals surface area contributed by atoms with E-state index in [0.717, 1.165) is 10.8 Å². The minimum Gasteiger partial charge on any atom is -0.508 e. The summed E-state index contributed by atoms with van der Waals surface area (Å²) >= 11 is 6.09. The molecule has 16 N–H and O–H groups in total. The van der Waals surface area contributed by atoms with Gasteiger partial charge >= 0.3 is 0 Å². The standard InChI is InChI=1S/C64H81ClN14O12/c1-36(2)28-48(56(84)73-47(13-8-26-70-64(67)68)63(91)79-27-9-14-54(79)62(90)71-37(3)55(66)83)74-59(87)51(32-41-15-20-43-11-5-6-12-44(43)29-41)75-58(86)50(31-40-18-23-46(82)24-19-40)77-61(89)53(35-80)78-60(88)52(33-42-10-7-25-69-34-42)76-57(85)49(72-38(4)81)30-39-16-21-45(65)22-17-39/h5-7,10-12,15-25,29,34,36-37,47-54,80,82H,8-9,13-14,26-28,30-33,35H2,1-4H3,(H2,66,83)(H,71,90)(H,72,81)(H,73,84)(H,74,87)(H,75,86)(H,76,85)(H,77,89)(H,78,88)(H4,67,68,70)/t37-,47+,48+,49-,50+,51-,52-,53+,54+/m1/s1. The van der Waals surface area contributed by atoms with Gasteiger partial charge in [0.05, 0.1) is 6.61 Å². The highest BCUT2D eigenvalue weighted by atomic mass is 35.5. The number of hydrogen-bond donors (Lipinski definition) is 13. The molecule has 0 bridgehead atoms. The first-order valence-electron chi connectivity index (χ1n) is 29.9. The van der Waals surface area contributed by atoms with E-state index in [1.807, 2.05) is 50.2 Å². The number of aliphatic imine (C=N–C) groups is 1. The van der Waals surface area contributed by atoms with Crippen LogP contribution in [0.4, 0.5) is 0 Å². The molecule has 1 aliphatic heterocycles. The molecule has 1 fully saturated rings. The van der Waals surface area contributed by atoms with E-state index in [4.69, 9.17) is 28.8 Å². The van der Waals surface area contributed by atoms with E-state index in [1.54, 1.807) is 42.5 Å². The third-order valence-electron chi connectivity index (χ3n) is 15.1. The lowest BCUT2D eigenvalue weighted by molar-refractivity contribution is -0.142. The summed E-state index contributed by atoms with van der Waals surface area (Å²) in [5, 5.41) is 44.4. The maximum atomic E-state index is 15.0. The molecule has 0 unspecified atom stereocenters. The van der Waals surface area contributed by atoms with Crippen molar-refractivity contribution in [2.75, 3.05) is 19.7 Å². The van der Waals surface area contributed by atoms with Crippen molar-refractivity contribution >= 4 is 87.4 Å². The maximum Gasteiger partial charge on any atom is 0.245 e. The number of carbonyl (C=O) groups is 10. The molecular formula is C64H81ClN14O12. The number of nitrogens with two attached hydrogens (primary N) is 3. The maximum absolute atomic E-state index is 15.0. The van der Waals surface area contributed by atoms with Gasteiger partial charge in [-0.15, -0.1) is 0 Å². The van der Waals surface area contributed by atoms with Gasteiger partial charge in [0.1, 0.15) is 60.1 Å². The lowest BCUT2D eigenvalue weighted by Crippen LogP contribution is -2.61. The first-order valence-corrected chi connectivity index (χ1v) is 30.3. The number of pyridine rings is 1. The zero-order valence-corrected chi connectivity index (χ0v) is 51.9. The highest BCUT2D eigenvalue weighted by Gasteiger charge is 2.40. The van der Waals surface area contributed by atoms with Crippen molar-refractivity contribution in [2.24, 2.45) is 28.1 Å². The molecule has 0 saturated carbocycles. The summed E-state index contributed by atoms with van der Waals surface area (Å²) < 4.78 is 0. The van der Waals surface area contributed by atoms with E-state index in [2.05, 4.69) is 52.5 Å². The smallest absolute Gasteiger partial charge is 0.245 e. The zero-order valence-electron chi connectivity index (χ0n) is 51.2. The Morgan fingerprint density at radius 1 is 0.604 bits per heavy atom. The number of benzene rings is 4. The average Bonchev–Trinajstić information content (AvgIpc) is 3.11. The average molecular weight is 1270 g/mol. The number of guanidine groups is 1. The van der Waals surface area contributed by atoms with Gasteiger partial charge in [0.25, 0.3) is 0 Å². The molecule has 0 radical (unpaired) electrons. The molecule has 9 atom stereocenters. The minimum absolute atomic E-state index is 0.00341. The summed E-state index contributed by atoms with van der Waals surface area (Å²) in [6, 6.07) is 16.4. The van der Waals surface area contributed by atoms with Crippen molar-refractivity contribution in [1.29, 1.82) is 0 Å². The van der Waals surface area contributed by atoms with Gasteiger partial charge in [-0.05, 0) is 108 Å². The molecule has 6 rings (SSSR count). The van der Waals surface area contributed by atoms with Crippen LogP contribution >= 0.6 is 11.6 Å². The number of nitrogens with zero attached hydrogens (tertiary/aromatic N) is 3. The SMILES string of the molecule is CC(=O)N[C@H](Cc1ccc(Cl)cc1)C(=O)N[C@H](Cc1cccnc1)C(=O)N[C@@H](CO)C(=O)N[C@@H](Cc1ccc(O)cc1)C(=O)N[C@H](Cc1ccc2ccccc2c1)C(=O)N[C@@H](CC(C)C)C(=O)N[C@@H](CCCN=C(N)N)C(=O)N1CCC[C@H]1C(=O)N[C@H](C)C(N)=O. The lowest BCUT2D eigenvalue weighted by Gasteiger charge is -2.31. The van der Waals surface area contributed by atoms with Crippen molar-refractivity contribution in [1.82, 2.24) is 52.4 Å². The molecule has 10 amide bonds. The predicted octanol–water partition coefficient (Wildman–Crippen LogP) is 0.351. The quantitative estimate of drug-likeness (QED) is 0.0157. The van der Waals surface area contributed by atoms with Crippen LogP contribution in [0.1, 0.15) is 82.1 Å². The van der Waals surface area contributed by atoms with Crippen LogP contribution in [0.3, 0.4) is 0 Å². The molecule has 2 heterocycles. The van der Waals surface area contributed by atoms with Crippen LogP contribution in [0.2, 0.25) is 5.02 Å². The van der Waals surface area contributed by atoms with Crippen molar-refractivity contribution in [2.45, 2.75) is 140 Å². The van der Waals surface area contributed by atoms with Crippen molar-refractivity contribution < 1.29 is 58.2 Å². The van der Waals surface area contributed by atoms with E-state index >= 15 is 9.59 Å². The molecule has 1 aliphatic rings. The van der Waals surface area contributed by atoms with E-state index in [9.17, 15) is 48.6 Å². The largest absolute Gasteiger partial charge is 0.508 e. The van der Waals surface area contributed by atoms with Crippen LogP contribution in [0, 0.1) is 5.92 Å². The molecule has 91 heavy (non-hydrogen) atoms. The normalized spacial score (nSPS) is 15.4. The summed E-state index contributed by atoms with van der Waals surface area (Å²) in [4.78, 5) is 149. The van der Waals surface area contributed by atoms with E-state index < -0.39 is 120 Å². The molecule has 1 aromatic heterocycles. The molecule has 0 spiro atoms. The number of phenols is 1. The number of halogens is 1. The fraction of sp³-hybridized carbons (Fsp3) is 0.406. The number of nitrogens with one attached hydrogen (secondary N) is 8. The topological polar surface area (TPSA) is 414 Å². The van der Waals surface area contributed by atoms with E-state index in [0.29, 0.717) is 33.7 Å². The number of likely N-dealkylation sites (tertiary alicyclic amines) is 1. The number of aliphatic hydroxyl groups excluding tert-OH is 1. The second-order valence-corrected chi connectivity index (χ2v) is 23.3. The third-order valence-corrected chi connectivity index (χ3v) is 15.3. The number of hydrogen-bond acceptors (Lipinski definition) is 14. The second-order valence-electron chi connectivity index (χ2n) is 22.9. The van der Waals surface area contributed by atoms with Gasteiger partial charge in [0.15, 0.2) is 5.96 Å². The fourth-order valence-electron chi connectivity index (χ4n) is 10.3. The summed E-state index contributed by atoms with van der Waals surface area (Å²) in [6.45, 7) is 5.47. The Labute approximate surface area is 532 Å². The van der Waals surface area contributed by atoms with E-state index in [-0.39, 0.29) is 82.1 Å². The fourth-order valence-corrected chi connectivity index (χ4v) is 10.5. The Morgan fingerprint density at radius 3 is 1.66 bits per heavy atom. The molecule has 0 aliphatic carbocycles. The van der Waals surface area contributed by atoms with Gasteiger partial charge in [-0.2, -0.15) is 0 Å². The molecule has 26 nitrogen and oxygen atoms in total. The number of rotatable bonds is 32. The van der Waals surface area contributed by atoms with Crippen LogP contribution in [0.5, 0.6) is 5.75 Å². The molecule has 27 heteroatoms. The van der Waals surface area contributed by atoms with Gasteiger partial charge in [-0.3, -0.25) is 57.9 Å². The Kier molecular flexibility index (Phi) is 26.6. The predicted molar refractivity (Wildman–Crippen MR) is 340 cm³/mol. The number of phenolic OH excluding ortho intramolecular Hbond substituents is 1. The van der Waals surface area contributed by atoms with Gasteiger partial charge in [0.2, 0.25) is 59.1 Å². The van der Waals surface area contributed by atoms with Crippen molar-refractivity contribution in [3.05, 3.63) is 143 Å². The van der Waals surface area contributed by atoms with E-state index in [1.165, 1.54) is 55.4 Å². The summed E-state index contributed by atoms with van der Waals surface area (Å²) in [5.74, 6) is -8.39. The van der Waals surface area contributed by atoms with Gasteiger partial charge < -0.3 is 74.8 Å². The first-order chi connectivity index (χ1) is 43.4. The lowest BCUT2D eigenvalue weighted by atomic mass is 9.98. The Balaban J connectivity index is 1.28. The van der Waals surface area contributed by atoms with Crippen molar-refractivity contribution in [3.8, 4) is 5.75 Å². The highest BCUT2D eigenvalue weighted by molar-refractivity contribution is 6.30. The summed E-state index contributed by atoms with van der Waals surface area (Å²) in [5.41, 5.74) is 18.7. The van der Waals surface area contributed by atoms with Crippen LogP contribution in [0.25, 0.3) is 10.8 Å². The number of amides is 10. The van der Waals surface area contributed by atoms with Crippen LogP contribution < -0.4 is 59.7 Å². The number of fused-ring (bicyclic) bond motifs is 1. The number of aromatic hydroxyl groups is 1. The number of aromatic nitrogens is 1. The Morgan fingerprint density at radius 2 is 1.11 bits per heavy atom. The van der Waals surface area contributed by atoms with Crippen molar-refractivity contribution in [3.63, 3.8) is 0 Å². The summed E-state index contributed by atoms with van der Waals surface area (Å²) in [6.07, 6.45) is 3.30. The number of aliphatic hydroxyl groups is 1. The van der Waals surface area contributed by atoms with Gasteiger partial charge in [0, 0.05) is 63.1 Å². The first kappa shape index (κ1) is 70.4. The monoisotopic (exact) mass is 1270 g/mol. The summed E-state index contributed by atoms with van der Waals surface area (Å²) in [7, 11) is 0. The molecular weight excluding hydrogens is 1190 g/mol. The highest BCUT2D eigenvalue weighted by Crippen LogP contribution is 2.22. The second kappa shape index (κ2) is 34.3. The van der Waals surface area contributed by atoms with Crippen LogP contribution in [-0.4, -0.2) is 159 Å². The van der Waals surface area contributed by atoms with Crippen LogP contribution in [0.15, 0.2) is 121 Å². The molecule has 4 aromatic carbocycles. The molecule has 486 valence electrons. The number of primary amides is 1. The minimum atomic E-state index is -1.76. The third kappa shape index (κ3) is 22.1. The molecule has 1 saturated heterocycles.